The summed E-state index contributed by atoms with van der Waals surface area (Å²) in [6.45, 7) is 0. The van der Waals surface area contributed by atoms with Crippen LogP contribution in [0.2, 0.25) is 0 Å². The van der Waals surface area contributed by atoms with Crippen molar-refractivity contribution in [1.82, 2.24) is 0 Å². The zero-order valence-corrected chi connectivity index (χ0v) is 13.1. The number of ether oxygens (including phenoxy) is 1. The van der Waals surface area contributed by atoms with Crippen LogP contribution in [0.15, 0.2) is 24.3 Å². The second-order valence-corrected chi connectivity index (χ2v) is 6.47. The molecule has 5 heteroatoms. The predicted octanol–water partition coefficient (Wildman–Crippen LogP) is 2.78. The van der Waals surface area contributed by atoms with Crippen molar-refractivity contribution in [3.8, 4) is 11.8 Å². The first-order valence-corrected chi connectivity index (χ1v) is 8.00. The van der Waals surface area contributed by atoms with Crippen LogP contribution in [0.1, 0.15) is 25.7 Å². The molecule has 2 aliphatic rings. The number of nitrogens with zero attached hydrogens (tertiary/aromatic N) is 1. The Hall–Kier alpha value is -2.35. The average molecular weight is 312 g/mol. The van der Waals surface area contributed by atoms with Crippen LogP contribution in [-0.4, -0.2) is 18.8 Å². The molecule has 4 atom stereocenters. The van der Waals surface area contributed by atoms with Crippen LogP contribution in [0.3, 0.4) is 0 Å². The first-order chi connectivity index (χ1) is 11.1. The number of hydrogen-bond acceptors (Lipinski definition) is 4. The Morgan fingerprint density at radius 2 is 2.17 bits per heavy atom. The fourth-order valence-electron chi connectivity index (χ4n) is 3.97. The molecule has 0 radical (unpaired) electrons. The third-order valence-electron chi connectivity index (χ3n) is 5.12. The van der Waals surface area contributed by atoms with Gasteiger partial charge in [-0.25, -0.2) is 0 Å². The summed E-state index contributed by atoms with van der Waals surface area (Å²) in [5.41, 5.74) is 0.523. The monoisotopic (exact) mass is 312 g/mol. The van der Waals surface area contributed by atoms with Gasteiger partial charge in [-0.05, 0) is 43.2 Å². The Balaban J connectivity index is 1.69. The van der Waals surface area contributed by atoms with Gasteiger partial charge in [-0.1, -0.05) is 12.5 Å². The summed E-state index contributed by atoms with van der Waals surface area (Å²) in [6.07, 6.45) is 4.15. The van der Waals surface area contributed by atoms with Crippen molar-refractivity contribution in [2.45, 2.75) is 25.7 Å². The second-order valence-electron chi connectivity index (χ2n) is 6.47. The van der Waals surface area contributed by atoms with E-state index in [1.54, 1.807) is 24.3 Å². The van der Waals surface area contributed by atoms with Gasteiger partial charge in [0.05, 0.1) is 13.2 Å². The Morgan fingerprint density at radius 3 is 2.78 bits per heavy atom. The van der Waals surface area contributed by atoms with Crippen molar-refractivity contribution in [1.29, 1.82) is 5.26 Å². The molecule has 2 aliphatic carbocycles. The summed E-state index contributed by atoms with van der Waals surface area (Å²) < 4.78 is 5.10. The molecule has 0 spiro atoms. The maximum atomic E-state index is 12.6. The number of Topliss-reactive ketones (excluding diaryl/α,β-unsaturated/α-hetero) is 1. The molecule has 1 aromatic carbocycles. The third-order valence-corrected chi connectivity index (χ3v) is 5.12. The number of hydrogen-bond donors (Lipinski definition) is 1. The third kappa shape index (κ3) is 3.07. The number of rotatable bonds is 5. The van der Waals surface area contributed by atoms with E-state index in [0.29, 0.717) is 23.3 Å². The predicted molar refractivity (Wildman–Crippen MR) is 84.7 cm³/mol. The van der Waals surface area contributed by atoms with E-state index in [2.05, 4.69) is 5.32 Å². The highest BCUT2D eigenvalue weighted by Crippen LogP contribution is 2.49. The van der Waals surface area contributed by atoms with Crippen LogP contribution in [0.25, 0.3) is 0 Å². The van der Waals surface area contributed by atoms with E-state index in [9.17, 15) is 14.9 Å². The molecule has 4 unspecified atom stereocenters. The van der Waals surface area contributed by atoms with Crippen LogP contribution in [0.5, 0.6) is 5.75 Å². The number of carbonyl (C=O) groups excluding carboxylic acids is 2. The minimum absolute atomic E-state index is 0.116. The molecule has 1 aromatic rings. The van der Waals surface area contributed by atoms with E-state index in [-0.39, 0.29) is 11.7 Å². The lowest BCUT2D eigenvalue weighted by Crippen LogP contribution is -2.35. The van der Waals surface area contributed by atoms with E-state index in [1.807, 2.05) is 6.07 Å². The molecule has 1 amide bonds. The topological polar surface area (TPSA) is 79.2 Å². The number of ketones is 1. The quantitative estimate of drug-likeness (QED) is 0.848. The summed E-state index contributed by atoms with van der Waals surface area (Å²) in [6, 6.07) is 8.77. The number of anilines is 1. The molecule has 0 aromatic heterocycles. The molecule has 5 nitrogen and oxygen atoms in total. The molecule has 1 N–H and O–H groups in total. The molecule has 0 saturated heterocycles. The van der Waals surface area contributed by atoms with Gasteiger partial charge in [0.1, 0.15) is 5.75 Å². The lowest BCUT2D eigenvalue weighted by atomic mass is 9.81. The van der Waals surface area contributed by atoms with E-state index >= 15 is 0 Å². The normalized spacial score (nSPS) is 26.3. The Bertz CT molecular complexity index is 664. The van der Waals surface area contributed by atoms with E-state index in [4.69, 9.17) is 4.74 Å². The SMILES string of the molecule is COc1cccc(NC(=O)C(C#N)C(=O)C2CC3CCC2C3)c1. The number of amides is 1. The zero-order chi connectivity index (χ0) is 16.4. The first-order valence-electron chi connectivity index (χ1n) is 8.00. The van der Waals surface area contributed by atoms with Crippen molar-refractivity contribution >= 4 is 17.4 Å². The Morgan fingerprint density at radius 1 is 1.35 bits per heavy atom. The van der Waals surface area contributed by atoms with Crippen LogP contribution in [0.4, 0.5) is 5.69 Å². The van der Waals surface area contributed by atoms with Gasteiger partial charge in [-0.15, -0.1) is 0 Å². The van der Waals surface area contributed by atoms with Crippen molar-refractivity contribution in [3.63, 3.8) is 0 Å². The Labute approximate surface area is 135 Å². The highest BCUT2D eigenvalue weighted by Gasteiger charge is 2.46. The van der Waals surface area contributed by atoms with Gasteiger partial charge in [0.2, 0.25) is 5.91 Å². The molecule has 23 heavy (non-hydrogen) atoms. The summed E-state index contributed by atoms with van der Waals surface area (Å²) in [5.74, 6) is -0.521. The number of benzene rings is 1. The summed E-state index contributed by atoms with van der Waals surface area (Å²) in [7, 11) is 1.54. The number of carbonyl (C=O) groups is 2. The molecule has 0 aliphatic heterocycles. The molecular weight excluding hydrogens is 292 g/mol. The van der Waals surface area contributed by atoms with Crippen molar-refractivity contribution in [3.05, 3.63) is 24.3 Å². The minimum Gasteiger partial charge on any atom is -0.497 e. The number of nitrogens with one attached hydrogen (secondary N) is 1. The van der Waals surface area contributed by atoms with Gasteiger partial charge in [-0.3, -0.25) is 9.59 Å². The lowest BCUT2D eigenvalue weighted by Gasteiger charge is -2.22. The van der Waals surface area contributed by atoms with Crippen LogP contribution < -0.4 is 10.1 Å². The van der Waals surface area contributed by atoms with Gasteiger partial charge >= 0.3 is 0 Å². The van der Waals surface area contributed by atoms with Gasteiger partial charge in [0.15, 0.2) is 11.7 Å². The zero-order valence-electron chi connectivity index (χ0n) is 13.1. The van der Waals surface area contributed by atoms with Gasteiger partial charge in [0.25, 0.3) is 0 Å². The molecule has 120 valence electrons. The highest BCUT2D eigenvalue weighted by molar-refractivity contribution is 6.10. The largest absolute Gasteiger partial charge is 0.497 e. The smallest absolute Gasteiger partial charge is 0.249 e. The second kappa shape index (κ2) is 6.41. The van der Waals surface area contributed by atoms with Gasteiger partial charge in [0, 0.05) is 17.7 Å². The first kappa shape index (κ1) is 15.5. The van der Waals surface area contributed by atoms with Crippen molar-refractivity contribution in [2.75, 3.05) is 12.4 Å². The molecule has 0 heterocycles. The van der Waals surface area contributed by atoms with Crippen LogP contribution >= 0.6 is 0 Å². The minimum atomic E-state index is -1.23. The Kier molecular flexibility index (Phi) is 4.33. The fraction of sp³-hybridized carbons (Fsp3) is 0.500. The summed E-state index contributed by atoms with van der Waals surface area (Å²) >= 11 is 0. The van der Waals surface area contributed by atoms with Crippen molar-refractivity contribution in [2.24, 2.45) is 23.7 Å². The molecule has 2 fully saturated rings. The standard InChI is InChI=1S/C18H20N2O3/c1-23-14-4-2-3-13(9-14)20-18(22)16(10-19)17(21)15-8-11-5-6-12(15)7-11/h2-4,9,11-12,15-16H,5-8H2,1H3,(H,20,22). The van der Waals surface area contributed by atoms with E-state index in [1.165, 1.54) is 13.5 Å². The molecule has 2 bridgehead atoms. The van der Waals surface area contributed by atoms with E-state index < -0.39 is 11.8 Å². The average Bonchev–Trinajstić information content (AvgIpc) is 3.18. The highest BCUT2D eigenvalue weighted by atomic mass is 16.5. The lowest BCUT2D eigenvalue weighted by molar-refractivity contribution is -0.132. The van der Waals surface area contributed by atoms with Gasteiger partial charge < -0.3 is 10.1 Å². The number of methoxy groups -OCH3 is 1. The molecular formula is C18H20N2O3. The maximum absolute atomic E-state index is 12.6. The number of fused-ring (bicyclic) bond motifs is 2. The number of nitriles is 1. The summed E-state index contributed by atoms with van der Waals surface area (Å²) in [5, 5.41) is 12.0. The van der Waals surface area contributed by atoms with Crippen LogP contribution in [-0.2, 0) is 9.59 Å². The molecule has 2 saturated carbocycles. The molecule has 3 rings (SSSR count). The summed E-state index contributed by atoms with van der Waals surface area (Å²) in [4.78, 5) is 25.0. The van der Waals surface area contributed by atoms with Crippen molar-refractivity contribution < 1.29 is 14.3 Å². The maximum Gasteiger partial charge on any atom is 0.249 e. The fourth-order valence-corrected chi connectivity index (χ4v) is 3.97. The van der Waals surface area contributed by atoms with Gasteiger partial charge in [-0.2, -0.15) is 5.26 Å². The van der Waals surface area contributed by atoms with E-state index in [0.717, 1.165) is 19.3 Å². The van der Waals surface area contributed by atoms with Crippen LogP contribution in [0, 0.1) is 35.0 Å².